The monoisotopic (exact) mass is 278 g/mol. The first kappa shape index (κ1) is 13.1. The minimum absolute atomic E-state index is 0.696. The molecule has 1 heterocycles. The highest BCUT2D eigenvalue weighted by molar-refractivity contribution is 5.83. The Hall–Kier alpha value is -2.95. The van der Waals surface area contributed by atoms with Gasteiger partial charge in [0, 0.05) is 11.1 Å². The van der Waals surface area contributed by atoms with Gasteiger partial charge in [0.1, 0.15) is 12.1 Å². The fraction of sp³-hybridized carbons (Fsp3) is 0.0625. The summed E-state index contributed by atoms with van der Waals surface area (Å²) in [5.74, 6) is 1.47. The number of para-hydroxylation sites is 1. The SMILES string of the molecule is COc1ccccc1/C=N\n1cnnc1-c1ccccc1. The molecule has 0 bridgehead atoms. The molecule has 21 heavy (non-hydrogen) atoms. The van der Waals surface area contributed by atoms with Crippen LogP contribution < -0.4 is 4.74 Å². The Bertz CT molecular complexity index is 750. The summed E-state index contributed by atoms with van der Waals surface area (Å²) < 4.78 is 6.94. The van der Waals surface area contributed by atoms with E-state index in [1.807, 2.05) is 54.6 Å². The van der Waals surface area contributed by atoms with Gasteiger partial charge in [0.25, 0.3) is 0 Å². The molecule has 0 fully saturated rings. The molecular formula is C16H14N4O. The largest absolute Gasteiger partial charge is 0.496 e. The molecule has 2 aromatic carbocycles. The van der Waals surface area contributed by atoms with Crippen molar-refractivity contribution < 1.29 is 4.74 Å². The summed E-state index contributed by atoms with van der Waals surface area (Å²) >= 11 is 0. The first-order chi connectivity index (χ1) is 10.4. The van der Waals surface area contributed by atoms with E-state index in [1.165, 1.54) is 0 Å². The Morgan fingerprint density at radius 1 is 1.05 bits per heavy atom. The van der Waals surface area contributed by atoms with Crippen molar-refractivity contribution in [1.29, 1.82) is 0 Å². The average molecular weight is 278 g/mol. The van der Waals surface area contributed by atoms with Crippen LogP contribution in [0.4, 0.5) is 0 Å². The van der Waals surface area contributed by atoms with Crippen LogP contribution in [0.15, 0.2) is 66.0 Å². The van der Waals surface area contributed by atoms with Crippen LogP contribution in [0, 0.1) is 0 Å². The number of rotatable bonds is 4. The second-order valence-corrected chi connectivity index (χ2v) is 4.35. The summed E-state index contributed by atoms with van der Waals surface area (Å²) in [5, 5.41) is 12.4. The van der Waals surface area contributed by atoms with Gasteiger partial charge in [0.05, 0.1) is 13.3 Å². The lowest BCUT2D eigenvalue weighted by Gasteiger charge is -2.03. The topological polar surface area (TPSA) is 52.3 Å². The van der Waals surface area contributed by atoms with Crippen molar-refractivity contribution in [2.24, 2.45) is 5.10 Å². The molecule has 104 valence electrons. The maximum absolute atomic E-state index is 5.30. The number of benzene rings is 2. The van der Waals surface area contributed by atoms with E-state index in [0.717, 1.165) is 16.9 Å². The van der Waals surface area contributed by atoms with Crippen LogP contribution in [0.1, 0.15) is 5.56 Å². The molecule has 0 saturated carbocycles. The molecule has 0 spiro atoms. The number of methoxy groups -OCH3 is 1. The zero-order valence-corrected chi connectivity index (χ0v) is 11.5. The summed E-state index contributed by atoms with van der Waals surface area (Å²) in [6, 6.07) is 17.5. The van der Waals surface area contributed by atoms with Gasteiger partial charge in [-0.1, -0.05) is 42.5 Å². The molecule has 3 aromatic rings. The first-order valence-electron chi connectivity index (χ1n) is 6.51. The molecule has 0 aliphatic rings. The van der Waals surface area contributed by atoms with Crippen molar-refractivity contribution in [1.82, 2.24) is 14.9 Å². The van der Waals surface area contributed by atoms with Crippen molar-refractivity contribution in [2.45, 2.75) is 0 Å². The zero-order chi connectivity index (χ0) is 14.5. The molecule has 0 radical (unpaired) electrons. The van der Waals surface area contributed by atoms with E-state index in [4.69, 9.17) is 4.74 Å². The fourth-order valence-electron chi connectivity index (χ4n) is 1.99. The smallest absolute Gasteiger partial charge is 0.184 e. The molecule has 1 aromatic heterocycles. The minimum atomic E-state index is 0.696. The van der Waals surface area contributed by atoms with Gasteiger partial charge in [-0.2, -0.15) is 9.78 Å². The molecular weight excluding hydrogens is 264 g/mol. The van der Waals surface area contributed by atoms with Crippen LogP contribution in [-0.4, -0.2) is 28.2 Å². The highest BCUT2D eigenvalue weighted by Gasteiger charge is 2.05. The lowest BCUT2D eigenvalue weighted by molar-refractivity contribution is 0.414. The maximum Gasteiger partial charge on any atom is 0.184 e. The molecule has 0 unspecified atom stereocenters. The molecule has 0 atom stereocenters. The third-order valence-electron chi connectivity index (χ3n) is 3.02. The van der Waals surface area contributed by atoms with E-state index < -0.39 is 0 Å². The third kappa shape index (κ3) is 2.81. The molecule has 5 heteroatoms. The van der Waals surface area contributed by atoms with Crippen LogP contribution in [0.25, 0.3) is 11.4 Å². The Balaban J connectivity index is 1.93. The zero-order valence-electron chi connectivity index (χ0n) is 11.5. The van der Waals surface area contributed by atoms with Crippen LogP contribution >= 0.6 is 0 Å². The number of nitrogens with zero attached hydrogens (tertiary/aromatic N) is 4. The van der Waals surface area contributed by atoms with Gasteiger partial charge in [-0.25, -0.2) is 0 Å². The van der Waals surface area contributed by atoms with E-state index in [0.29, 0.717) is 5.82 Å². The number of hydrogen-bond acceptors (Lipinski definition) is 4. The quantitative estimate of drug-likeness (QED) is 0.689. The van der Waals surface area contributed by atoms with Crippen LogP contribution in [0.2, 0.25) is 0 Å². The van der Waals surface area contributed by atoms with E-state index >= 15 is 0 Å². The first-order valence-corrected chi connectivity index (χ1v) is 6.51. The molecule has 0 N–H and O–H groups in total. The lowest BCUT2D eigenvalue weighted by Crippen LogP contribution is -1.95. The second-order valence-electron chi connectivity index (χ2n) is 4.35. The lowest BCUT2D eigenvalue weighted by atomic mass is 10.2. The summed E-state index contributed by atoms with van der Waals surface area (Å²) in [4.78, 5) is 0. The maximum atomic E-state index is 5.30. The van der Waals surface area contributed by atoms with Gasteiger partial charge in [0.2, 0.25) is 0 Å². The number of aromatic nitrogens is 3. The van der Waals surface area contributed by atoms with Gasteiger partial charge in [0.15, 0.2) is 5.82 Å². The standard InChI is InChI=1S/C16H14N4O/c1-21-15-10-6-5-9-14(15)11-18-20-12-17-19-16(20)13-7-3-2-4-8-13/h2-12H,1H3/b18-11-. The van der Waals surface area contributed by atoms with Gasteiger partial charge in [-0.05, 0) is 12.1 Å². The van der Waals surface area contributed by atoms with Gasteiger partial charge < -0.3 is 4.74 Å². The van der Waals surface area contributed by atoms with E-state index in [9.17, 15) is 0 Å². The number of ether oxygens (including phenoxy) is 1. The average Bonchev–Trinajstić information content (AvgIpc) is 3.02. The van der Waals surface area contributed by atoms with Crippen molar-refractivity contribution in [3.63, 3.8) is 0 Å². The highest BCUT2D eigenvalue weighted by Crippen LogP contribution is 2.17. The Morgan fingerprint density at radius 3 is 2.62 bits per heavy atom. The predicted molar refractivity (Wildman–Crippen MR) is 81.4 cm³/mol. The molecule has 0 amide bonds. The molecule has 0 aliphatic carbocycles. The van der Waals surface area contributed by atoms with Gasteiger partial charge in [-0.3, -0.25) is 0 Å². The van der Waals surface area contributed by atoms with Crippen molar-refractivity contribution in [3.05, 3.63) is 66.5 Å². The Morgan fingerprint density at radius 2 is 1.81 bits per heavy atom. The molecule has 5 nitrogen and oxygen atoms in total. The molecule has 0 aliphatic heterocycles. The Labute approximate surface area is 122 Å². The highest BCUT2D eigenvalue weighted by atomic mass is 16.5. The van der Waals surface area contributed by atoms with E-state index in [1.54, 1.807) is 24.3 Å². The minimum Gasteiger partial charge on any atom is -0.496 e. The summed E-state index contributed by atoms with van der Waals surface area (Å²) in [7, 11) is 1.64. The fourth-order valence-corrected chi connectivity index (χ4v) is 1.99. The van der Waals surface area contributed by atoms with Crippen molar-refractivity contribution >= 4 is 6.21 Å². The van der Waals surface area contributed by atoms with Crippen LogP contribution in [0.3, 0.4) is 0 Å². The predicted octanol–water partition coefficient (Wildman–Crippen LogP) is 2.84. The summed E-state index contributed by atoms with van der Waals surface area (Å²) in [5.41, 5.74) is 1.86. The van der Waals surface area contributed by atoms with Crippen molar-refractivity contribution in [3.8, 4) is 17.1 Å². The summed E-state index contributed by atoms with van der Waals surface area (Å²) in [6.07, 6.45) is 3.31. The van der Waals surface area contributed by atoms with Gasteiger partial charge in [-0.15, -0.1) is 10.2 Å². The molecule has 0 saturated heterocycles. The number of hydrogen-bond donors (Lipinski definition) is 0. The van der Waals surface area contributed by atoms with E-state index in [2.05, 4.69) is 15.3 Å². The normalized spacial score (nSPS) is 10.9. The second kappa shape index (κ2) is 6.00. The van der Waals surface area contributed by atoms with E-state index in [-0.39, 0.29) is 0 Å². The van der Waals surface area contributed by atoms with Crippen LogP contribution in [0.5, 0.6) is 5.75 Å². The third-order valence-corrected chi connectivity index (χ3v) is 3.02. The van der Waals surface area contributed by atoms with Crippen LogP contribution in [-0.2, 0) is 0 Å². The molecule has 3 rings (SSSR count). The Kier molecular flexibility index (Phi) is 3.73. The summed E-state index contributed by atoms with van der Waals surface area (Å²) in [6.45, 7) is 0. The van der Waals surface area contributed by atoms with Gasteiger partial charge >= 0.3 is 0 Å². The van der Waals surface area contributed by atoms with Crippen molar-refractivity contribution in [2.75, 3.05) is 7.11 Å².